The molecule has 1 aliphatic rings. The number of aliphatic hydroxyl groups excluding tert-OH is 1. The molecule has 164 valence electrons. The quantitative estimate of drug-likeness (QED) is 0.244. The van der Waals surface area contributed by atoms with Crippen molar-refractivity contribution in [2.75, 3.05) is 4.90 Å². The number of aryl methyl sites for hydroxylation is 2. The Morgan fingerprint density at radius 3 is 2.42 bits per heavy atom. The van der Waals surface area contributed by atoms with Crippen molar-refractivity contribution in [2.45, 2.75) is 19.9 Å². The van der Waals surface area contributed by atoms with E-state index in [1.54, 1.807) is 24.3 Å². The maximum absolute atomic E-state index is 13.4. The second-order valence-corrected chi connectivity index (χ2v) is 9.02. The molecule has 0 unspecified atom stereocenters. The van der Waals surface area contributed by atoms with Crippen LogP contribution in [0.3, 0.4) is 0 Å². The molecule has 1 aliphatic heterocycles. The number of nitrogens with zero attached hydrogens (tertiary/aromatic N) is 2. The third-order valence-corrected chi connectivity index (χ3v) is 6.70. The van der Waals surface area contributed by atoms with Crippen LogP contribution in [0.1, 0.15) is 28.3 Å². The fourth-order valence-electron chi connectivity index (χ4n) is 4.21. The van der Waals surface area contributed by atoms with Crippen molar-refractivity contribution in [2.24, 2.45) is 0 Å². The van der Waals surface area contributed by atoms with Gasteiger partial charge in [0.1, 0.15) is 11.6 Å². The van der Waals surface area contributed by atoms with E-state index in [-0.39, 0.29) is 16.9 Å². The van der Waals surface area contributed by atoms with Crippen LogP contribution in [-0.4, -0.2) is 21.8 Å². The Labute approximate surface area is 193 Å². The zero-order valence-corrected chi connectivity index (χ0v) is 18.7. The first-order valence-corrected chi connectivity index (χ1v) is 11.2. The van der Waals surface area contributed by atoms with Crippen molar-refractivity contribution in [3.8, 4) is 0 Å². The lowest BCUT2D eigenvalue weighted by molar-refractivity contribution is -0.132. The van der Waals surface area contributed by atoms with Crippen molar-refractivity contribution < 1.29 is 19.1 Å². The summed E-state index contributed by atoms with van der Waals surface area (Å²) < 4.78 is 14.3. The number of carbonyl (C=O) groups excluding carboxylic acids is 2. The molecule has 0 aliphatic carbocycles. The van der Waals surface area contributed by atoms with Gasteiger partial charge in [-0.15, -0.1) is 0 Å². The molecule has 1 fully saturated rings. The highest BCUT2D eigenvalue weighted by Gasteiger charge is 2.48. The van der Waals surface area contributed by atoms with Crippen LogP contribution < -0.4 is 4.90 Å². The minimum Gasteiger partial charge on any atom is -0.507 e. The zero-order valence-electron chi connectivity index (χ0n) is 17.9. The Balaban J connectivity index is 1.73. The molecule has 7 heteroatoms. The molecule has 1 N–H and O–H groups in total. The molecule has 33 heavy (non-hydrogen) atoms. The Morgan fingerprint density at radius 1 is 1.03 bits per heavy atom. The topological polar surface area (TPSA) is 70.5 Å². The van der Waals surface area contributed by atoms with Gasteiger partial charge in [0.25, 0.3) is 5.78 Å². The van der Waals surface area contributed by atoms with E-state index in [0.717, 1.165) is 21.3 Å². The van der Waals surface area contributed by atoms with Gasteiger partial charge in [-0.25, -0.2) is 9.37 Å². The normalized spacial score (nSPS) is 17.8. The van der Waals surface area contributed by atoms with E-state index in [0.29, 0.717) is 10.7 Å². The first kappa shape index (κ1) is 21.0. The van der Waals surface area contributed by atoms with Crippen LogP contribution in [0.15, 0.2) is 72.3 Å². The van der Waals surface area contributed by atoms with E-state index in [2.05, 4.69) is 0 Å². The van der Waals surface area contributed by atoms with E-state index >= 15 is 0 Å². The molecule has 5 rings (SSSR count). The highest BCUT2D eigenvalue weighted by molar-refractivity contribution is 7.22. The number of hydrogen-bond acceptors (Lipinski definition) is 5. The SMILES string of the molecule is Cc1cc(C)c2nc(N3C(=O)C(=O)C(=C(O)c4ccc(F)cc4)[C@@H]3c3ccccc3)sc2c1. The lowest BCUT2D eigenvalue weighted by Gasteiger charge is -2.22. The Hall–Kier alpha value is -3.84. The number of fused-ring (bicyclic) bond motifs is 1. The number of thiazole rings is 1. The predicted octanol–water partition coefficient (Wildman–Crippen LogP) is 5.68. The summed E-state index contributed by atoms with van der Waals surface area (Å²) in [6.45, 7) is 3.95. The summed E-state index contributed by atoms with van der Waals surface area (Å²) in [6, 6.07) is 17.3. The van der Waals surface area contributed by atoms with E-state index in [1.807, 2.05) is 32.0 Å². The molecule has 3 aromatic carbocycles. The molecule has 0 bridgehead atoms. The van der Waals surface area contributed by atoms with E-state index in [9.17, 15) is 19.1 Å². The number of aliphatic hydroxyl groups is 1. The summed E-state index contributed by atoms with van der Waals surface area (Å²) in [6.07, 6.45) is 0. The highest BCUT2D eigenvalue weighted by atomic mass is 32.1. The van der Waals surface area contributed by atoms with Crippen LogP contribution >= 0.6 is 11.3 Å². The molecule has 1 atom stereocenters. The molecule has 1 amide bonds. The number of benzene rings is 3. The standard InChI is InChI=1S/C26H19FN2O3S/c1-14-12-15(2)21-19(13-14)33-26(28-21)29-22(16-6-4-3-5-7-16)20(24(31)25(29)32)23(30)17-8-10-18(27)11-9-17/h3-13,22,30H,1-2H3/t22-/m0/s1. The summed E-state index contributed by atoms with van der Waals surface area (Å²) in [5, 5.41) is 11.4. The largest absolute Gasteiger partial charge is 0.507 e. The van der Waals surface area contributed by atoms with Crippen LogP contribution in [0.25, 0.3) is 16.0 Å². The Morgan fingerprint density at radius 2 is 1.73 bits per heavy atom. The van der Waals surface area contributed by atoms with Crippen LogP contribution in [0.2, 0.25) is 0 Å². The monoisotopic (exact) mass is 458 g/mol. The second kappa shape index (κ2) is 7.94. The number of Topliss-reactive ketones (excluding diaryl/α,β-unsaturated/α-hetero) is 1. The summed E-state index contributed by atoms with van der Waals surface area (Å²) >= 11 is 1.33. The molecule has 0 radical (unpaired) electrons. The number of carbonyl (C=O) groups is 2. The van der Waals surface area contributed by atoms with Gasteiger partial charge >= 0.3 is 5.91 Å². The molecule has 1 aromatic heterocycles. The number of rotatable bonds is 3. The van der Waals surface area contributed by atoms with Crippen LogP contribution in [0.4, 0.5) is 9.52 Å². The number of anilines is 1. The van der Waals surface area contributed by atoms with Crippen LogP contribution in [0.5, 0.6) is 0 Å². The number of amides is 1. The smallest absolute Gasteiger partial charge is 0.301 e. The number of ketones is 1. The maximum Gasteiger partial charge on any atom is 0.301 e. The number of hydrogen-bond donors (Lipinski definition) is 1. The van der Waals surface area contributed by atoms with Gasteiger partial charge < -0.3 is 5.11 Å². The van der Waals surface area contributed by atoms with Gasteiger partial charge in [-0.05, 0) is 60.9 Å². The third kappa shape index (κ3) is 3.50. The summed E-state index contributed by atoms with van der Waals surface area (Å²) in [4.78, 5) is 32.5. The second-order valence-electron chi connectivity index (χ2n) is 8.01. The van der Waals surface area contributed by atoms with Gasteiger partial charge in [0, 0.05) is 5.56 Å². The molecular formula is C26H19FN2O3S. The van der Waals surface area contributed by atoms with Gasteiger partial charge in [-0.1, -0.05) is 47.7 Å². The lowest BCUT2D eigenvalue weighted by atomic mass is 9.95. The van der Waals surface area contributed by atoms with Crippen molar-refractivity contribution in [3.63, 3.8) is 0 Å². The highest BCUT2D eigenvalue weighted by Crippen LogP contribution is 2.44. The van der Waals surface area contributed by atoms with Crippen molar-refractivity contribution in [1.29, 1.82) is 0 Å². The van der Waals surface area contributed by atoms with Crippen molar-refractivity contribution in [3.05, 3.63) is 100 Å². The fraction of sp³-hybridized carbons (Fsp3) is 0.115. The first-order chi connectivity index (χ1) is 15.8. The predicted molar refractivity (Wildman–Crippen MR) is 127 cm³/mol. The molecule has 0 saturated carbocycles. The summed E-state index contributed by atoms with van der Waals surface area (Å²) in [5.74, 6) is -2.39. The van der Waals surface area contributed by atoms with E-state index in [1.165, 1.54) is 40.5 Å². The average Bonchev–Trinajstić information content (AvgIpc) is 3.33. The minimum absolute atomic E-state index is 0.0510. The number of halogens is 1. The van der Waals surface area contributed by atoms with Crippen molar-refractivity contribution >= 4 is 44.1 Å². The maximum atomic E-state index is 13.4. The summed E-state index contributed by atoms with van der Waals surface area (Å²) in [5.41, 5.74) is 3.69. The Bertz CT molecular complexity index is 1440. The third-order valence-electron chi connectivity index (χ3n) is 5.70. The first-order valence-electron chi connectivity index (χ1n) is 10.3. The molecule has 1 saturated heterocycles. The zero-order chi connectivity index (χ0) is 23.3. The average molecular weight is 459 g/mol. The van der Waals surface area contributed by atoms with Crippen LogP contribution in [-0.2, 0) is 9.59 Å². The van der Waals surface area contributed by atoms with Gasteiger partial charge in [-0.2, -0.15) is 0 Å². The van der Waals surface area contributed by atoms with Gasteiger partial charge in [0.05, 0.1) is 21.8 Å². The molecule has 5 nitrogen and oxygen atoms in total. The summed E-state index contributed by atoms with van der Waals surface area (Å²) in [7, 11) is 0. The van der Waals surface area contributed by atoms with Gasteiger partial charge in [-0.3, -0.25) is 14.5 Å². The van der Waals surface area contributed by atoms with Gasteiger partial charge in [0.15, 0.2) is 5.13 Å². The molecule has 2 heterocycles. The molecular weight excluding hydrogens is 439 g/mol. The molecule has 4 aromatic rings. The molecule has 0 spiro atoms. The van der Waals surface area contributed by atoms with E-state index < -0.39 is 23.5 Å². The van der Waals surface area contributed by atoms with Crippen molar-refractivity contribution in [1.82, 2.24) is 4.98 Å². The minimum atomic E-state index is -0.863. The Kier molecular flexibility index (Phi) is 5.06. The van der Waals surface area contributed by atoms with E-state index in [4.69, 9.17) is 4.98 Å². The number of aromatic nitrogens is 1. The van der Waals surface area contributed by atoms with Crippen LogP contribution in [0, 0.1) is 19.7 Å². The fourth-order valence-corrected chi connectivity index (χ4v) is 5.37. The lowest BCUT2D eigenvalue weighted by Crippen LogP contribution is -2.29. The van der Waals surface area contributed by atoms with Gasteiger partial charge in [0.2, 0.25) is 0 Å².